The largest absolute Gasteiger partial charge is 0.494 e. The zero-order valence-electron chi connectivity index (χ0n) is 10.8. The molecule has 1 aliphatic heterocycles. The van der Waals surface area contributed by atoms with Crippen molar-refractivity contribution in [3.63, 3.8) is 0 Å². The fraction of sp³-hybridized carbons (Fsp3) is 0.250. The van der Waals surface area contributed by atoms with E-state index in [1.54, 1.807) is 6.07 Å². The van der Waals surface area contributed by atoms with Crippen molar-refractivity contribution in [1.29, 1.82) is 0 Å². The van der Waals surface area contributed by atoms with Crippen molar-refractivity contribution >= 4 is 0 Å². The molecule has 1 unspecified atom stereocenters. The summed E-state index contributed by atoms with van der Waals surface area (Å²) in [6, 6.07) is 13.5. The first-order chi connectivity index (χ1) is 9.31. The van der Waals surface area contributed by atoms with E-state index in [1.165, 1.54) is 18.2 Å². The average Bonchev–Trinajstić information content (AvgIpc) is 2.47. The SMILES string of the molecule is COc1cccc(C2CNCc3ccccc32)c1F. The van der Waals surface area contributed by atoms with E-state index in [2.05, 4.69) is 17.4 Å². The minimum Gasteiger partial charge on any atom is -0.494 e. The number of rotatable bonds is 2. The van der Waals surface area contributed by atoms with Gasteiger partial charge in [-0.15, -0.1) is 0 Å². The number of nitrogens with one attached hydrogen (secondary N) is 1. The quantitative estimate of drug-likeness (QED) is 0.892. The molecule has 0 aromatic heterocycles. The molecule has 0 fully saturated rings. The van der Waals surface area contributed by atoms with Crippen LogP contribution in [0.4, 0.5) is 4.39 Å². The van der Waals surface area contributed by atoms with Gasteiger partial charge in [0.15, 0.2) is 11.6 Å². The second-order valence-electron chi connectivity index (χ2n) is 4.75. The van der Waals surface area contributed by atoms with E-state index in [1.807, 2.05) is 24.3 Å². The van der Waals surface area contributed by atoms with Gasteiger partial charge in [0, 0.05) is 24.6 Å². The van der Waals surface area contributed by atoms with Crippen LogP contribution in [0.25, 0.3) is 0 Å². The summed E-state index contributed by atoms with van der Waals surface area (Å²) in [6.45, 7) is 1.60. The van der Waals surface area contributed by atoms with Gasteiger partial charge in [0.1, 0.15) is 0 Å². The number of hydrogen-bond donors (Lipinski definition) is 1. The van der Waals surface area contributed by atoms with Crippen LogP contribution < -0.4 is 10.1 Å². The number of halogens is 1. The zero-order chi connectivity index (χ0) is 13.2. The molecule has 1 N–H and O–H groups in total. The Morgan fingerprint density at radius 2 is 1.89 bits per heavy atom. The molecular weight excluding hydrogens is 241 g/mol. The Hall–Kier alpha value is -1.87. The molecule has 1 aliphatic rings. The van der Waals surface area contributed by atoms with E-state index < -0.39 is 0 Å². The fourth-order valence-corrected chi connectivity index (χ4v) is 2.73. The first-order valence-electron chi connectivity index (χ1n) is 6.42. The van der Waals surface area contributed by atoms with Crippen LogP contribution in [0.1, 0.15) is 22.6 Å². The van der Waals surface area contributed by atoms with E-state index in [9.17, 15) is 4.39 Å². The molecule has 1 heterocycles. The van der Waals surface area contributed by atoms with Crippen LogP contribution in [0.3, 0.4) is 0 Å². The number of fused-ring (bicyclic) bond motifs is 1. The Balaban J connectivity index is 2.09. The Morgan fingerprint density at radius 1 is 1.11 bits per heavy atom. The molecule has 2 aromatic carbocycles. The van der Waals surface area contributed by atoms with Crippen molar-refractivity contribution in [2.45, 2.75) is 12.5 Å². The molecule has 3 rings (SSSR count). The third kappa shape index (κ3) is 2.10. The van der Waals surface area contributed by atoms with Gasteiger partial charge in [0.25, 0.3) is 0 Å². The van der Waals surface area contributed by atoms with Crippen molar-refractivity contribution in [1.82, 2.24) is 5.32 Å². The minimum atomic E-state index is -0.256. The summed E-state index contributed by atoms with van der Waals surface area (Å²) in [5.41, 5.74) is 3.13. The fourth-order valence-electron chi connectivity index (χ4n) is 2.73. The van der Waals surface area contributed by atoms with Crippen molar-refractivity contribution in [3.8, 4) is 5.75 Å². The number of benzene rings is 2. The first-order valence-corrected chi connectivity index (χ1v) is 6.42. The van der Waals surface area contributed by atoms with Gasteiger partial charge in [-0.2, -0.15) is 0 Å². The molecule has 0 bridgehead atoms. The highest BCUT2D eigenvalue weighted by Gasteiger charge is 2.24. The predicted molar refractivity (Wildman–Crippen MR) is 72.9 cm³/mol. The zero-order valence-corrected chi connectivity index (χ0v) is 10.8. The highest BCUT2D eigenvalue weighted by molar-refractivity contribution is 5.43. The number of methoxy groups -OCH3 is 1. The van der Waals surface area contributed by atoms with E-state index in [0.29, 0.717) is 11.3 Å². The monoisotopic (exact) mass is 257 g/mol. The number of hydrogen-bond acceptors (Lipinski definition) is 2. The van der Waals surface area contributed by atoms with Gasteiger partial charge in [-0.25, -0.2) is 4.39 Å². The topological polar surface area (TPSA) is 21.3 Å². The number of ether oxygens (including phenoxy) is 1. The summed E-state index contributed by atoms with van der Waals surface area (Å²) < 4.78 is 19.5. The Kier molecular flexibility index (Phi) is 3.22. The minimum absolute atomic E-state index is 0.0417. The molecule has 0 spiro atoms. The maximum absolute atomic E-state index is 14.4. The molecule has 1 atom stereocenters. The summed E-state index contributed by atoms with van der Waals surface area (Å²) in [4.78, 5) is 0. The van der Waals surface area contributed by atoms with Crippen molar-refractivity contribution < 1.29 is 9.13 Å². The summed E-state index contributed by atoms with van der Waals surface area (Å²) in [5, 5.41) is 3.35. The summed E-state index contributed by atoms with van der Waals surface area (Å²) in [7, 11) is 1.50. The molecule has 0 radical (unpaired) electrons. The summed E-state index contributed by atoms with van der Waals surface area (Å²) >= 11 is 0. The molecule has 19 heavy (non-hydrogen) atoms. The van der Waals surface area contributed by atoms with Crippen molar-refractivity contribution in [2.24, 2.45) is 0 Å². The highest BCUT2D eigenvalue weighted by atomic mass is 19.1. The van der Waals surface area contributed by atoms with Crippen LogP contribution >= 0.6 is 0 Å². The maximum Gasteiger partial charge on any atom is 0.168 e. The van der Waals surface area contributed by atoms with Crippen LogP contribution in [0.15, 0.2) is 42.5 Å². The lowest BCUT2D eigenvalue weighted by atomic mass is 9.85. The molecular formula is C16H16FNO. The second-order valence-corrected chi connectivity index (χ2v) is 4.75. The third-order valence-electron chi connectivity index (χ3n) is 3.68. The lowest BCUT2D eigenvalue weighted by Crippen LogP contribution is -2.29. The second kappa shape index (κ2) is 5.02. The summed E-state index contributed by atoms with van der Waals surface area (Å²) in [6.07, 6.45) is 0. The Morgan fingerprint density at radius 3 is 2.74 bits per heavy atom. The third-order valence-corrected chi connectivity index (χ3v) is 3.68. The van der Waals surface area contributed by atoms with Crippen LogP contribution in [0, 0.1) is 5.82 Å². The van der Waals surface area contributed by atoms with Crippen LogP contribution in [-0.4, -0.2) is 13.7 Å². The molecule has 98 valence electrons. The van der Waals surface area contributed by atoms with Crippen molar-refractivity contribution in [2.75, 3.05) is 13.7 Å². The van der Waals surface area contributed by atoms with E-state index in [4.69, 9.17) is 4.74 Å². The first kappa shape index (κ1) is 12.2. The van der Waals surface area contributed by atoms with Crippen LogP contribution in [0.5, 0.6) is 5.75 Å². The van der Waals surface area contributed by atoms with Gasteiger partial charge in [-0.05, 0) is 17.2 Å². The van der Waals surface area contributed by atoms with Gasteiger partial charge >= 0.3 is 0 Å². The lowest BCUT2D eigenvalue weighted by Gasteiger charge is -2.27. The van der Waals surface area contributed by atoms with E-state index in [-0.39, 0.29) is 11.7 Å². The van der Waals surface area contributed by atoms with Gasteiger partial charge in [0.2, 0.25) is 0 Å². The maximum atomic E-state index is 14.4. The van der Waals surface area contributed by atoms with Gasteiger partial charge < -0.3 is 10.1 Å². The van der Waals surface area contributed by atoms with Crippen molar-refractivity contribution in [3.05, 3.63) is 65.0 Å². The predicted octanol–water partition coefficient (Wildman–Crippen LogP) is 3.07. The Bertz CT molecular complexity index is 597. The van der Waals surface area contributed by atoms with Gasteiger partial charge in [-0.3, -0.25) is 0 Å². The van der Waals surface area contributed by atoms with Gasteiger partial charge in [0.05, 0.1) is 7.11 Å². The van der Waals surface area contributed by atoms with E-state index >= 15 is 0 Å². The standard InChI is InChI=1S/C16H16FNO/c1-19-15-8-4-7-13(16(15)17)14-10-18-9-11-5-2-3-6-12(11)14/h2-8,14,18H,9-10H2,1H3. The lowest BCUT2D eigenvalue weighted by molar-refractivity contribution is 0.382. The van der Waals surface area contributed by atoms with Gasteiger partial charge in [-0.1, -0.05) is 36.4 Å². The Labute approximate surface area is 112 Å². The normalized spacial score (nSPS) is 17.9. The smallest absolute Gasteiger partial charge is 0.168 e. The molecule has 2 aromatic rings. The average molecular weight is 257 g/mol. The highest BCUT2D eigenvalue weighted by Crippen LogP contribution is 2.34. The molecule has 0 aliphatic carbocycles. The molecule has 0 amide bonds. The molecule has 0 saturated heterocycles. The van der Waals surface area contributed by atoms with E-state index in [0.717, 1.165) is 13.1 Å². The van der Waals surface area contributed by atoms with Crippen LogP contribution in [0.2, 0.25) is 0 Å². The molecule has 3 heteroatoms. The molecule has 0 saturated carbocycles. The molecule has 2 nitrogen and oxygen atoms in total. The van der Waals surface area contributed by atoms with Crippen LogP contribution in [-0.2, 0) is 6.54 Å². The summed E-state index contributed by atoms with van der Waals surface area (Å²) in [5.74, 6) is 0.0918.